The van der Waals surface area contributed by atoms with Crippen LogP contribution in [0.3, 0.4) is 0 Å². The summed E-state index contributed by atoms with van der Waals surface area (Å²) in [6, 6.07) is 5.33. The van der Waals surface area contributed by atoms with E-state index >= 15 is 0 Å². The molecule has 1 N–H and O–H groups in total. The number of hydrogen-bond acceptors (Lipinski definition) is 3. The summed E-state index contributed by atoms with van der Waals surface area (Å²) < 4.78 is 0. The van der Waals surface area contributed by atoms with Gasteiger partial charge in [0, 0.05) is 18.7 Å². The van der Waals surface area contributed by atoms with Gasteiger partial charge in [-0.2, -0.15) is 0 Å². The SMILES string of the molecule is CC1CN(c2c(Cl)cccc2C=O)CCC1O. The fraction of sp³-hybridized carbons (Fsp3) is 0.462. The van der Waals surface area contributed by atoms with E-state index in [1.165, 1.54) is 0 Å². The molecule has 0 bridgehead atoms. The number of anilines is 1. The maximum atomic E-state index is 11.0. The standard InChI is InChI=1S/C13H16ClNO2/c1-9-7-15(6-5-12(9)17)13-10(8-16)3-2-4-11(13)14/h2-4,8-9,12,17H,5-7H2,1H3. The van der Waals surface area contributed by atoms with Gasteiger partial charge in [-0.1, -0.05) is 24.6 Å². The average molecular weight is 254 g/mol. The van der Waals surface area contributed by atoms with Crippen LogP contribution < -0.4 is 4.90 Å². The van der Waals surface area contributed by atoms with Gasteiger partial charge in [-0.25, -0.2) is 0 Å². The molecule has 2 unspecified atom stereocenters. The molecular formula is C13H16ClNO2. The fourth-order valence-electron chi connectivity index (χ4n) is 2.30. The lowest BCUT2D eigenvalue weighted by Crippen LogP contribution is -2.42. The number of aldehydes is 1. The second-order valence-electron chi connectivity index (χ2n) is 4.57. The summed E-state index contributed by atoms with van der Waals surface area (Å²) in [7, 11) is 0. The first kappa shape index (κ1) is 12.4. The summed E-state index contributed by atoms with van der Waals surface area (Å²) >= 11 is 6.16. The Morgan fingerprint density at radius 3 is 2.94 bits per heavy atom. The summed E-state index contributed by atoms with van der Waals surface area (Å²) in [6.45, 7) is 3.47. The highest BCUT2D eigenvalue weighted by Gasteiger charge is 2.26. The first-order chi connectivity index (χ1) is 8.13. The molecule has 0 saturated carbocycles. The van der Waals surface area contributed by atoms with Gasteiger partial charge in [-0.15, -0.1) is 0 Å². The molecule has 0 aromatic heterocycles. The van der Waals surface area contributed by atoms with Crippen molar-refractivity contribution in [3.05, 3.63) is 28.8 Å². The lowest BCUT2D eigenvalue weighted by molar-refractivity contribution is 0.0970. The number of carbonyl (C=O) groups excluding carboxylic acids is 1. The number of halogens is 1. The largest absolute Gasteiger partial charge is 0.393 e. The van der Waals surface area contributed by atoms with Crippen molar-refractivity contribution >= 4 is 23.6 Å². The third-order valence-corrected chi connectivity index (χ3v) is 3.63. The minimum atomic E-state index is -0.256. The molecule has 1 fully saturated rings. The Morgan fingerprint density at radius 1 is 1.53 bits per heavy atom. The van der Waals surface area contributed by atoms with E-state index in [9.17, 15) is 9.90 Å². The normalized spacial score (nSPS) is 24.8. The highest BCUT2D eigenvalue weighted by molar-refractivity contribution is 6.33. The quantitative estimate of drug-likeness (QED) is 0.823. The maximum absolute atomic E-state index is 11.0. The van der Waals surface area contributed by atoms with Crippen molar-refractivity contribution in [2.75, 3.05) is 18.0 Å². The summed E-state index contributed by atoms with van der Waals surface area (Å²) in [5.41, 5.74) is 1.41. The van der Waals surface area contributed by atoms with Crippen molar-refractivity contribution < 1.29 is 9.90 Å². The Balaban J connectivity index is 2.31. The van der Waals surface area contributed by atoms with Gasteiger partial charge in [0.15, 0.2) is 6.29 Å². The van der Waals surface area contributed by atoms with Crippen LogP contribution in [0.15, 0.2) is 18.2 Å². The molecule has 1 saturated heterocycles. The zero-order valence-corrected chi connectivity index (χ0v) is 10.5. The van der Waals surface area contributed by atoms with E-state index in [4.69, 9.17) is 11.6 Å². The highest BCUT2D eigenvalue weighted by atomic mass is 35.5. The Kier molecular flexibility index (Phi) is 3.69. The number of piperidine rings is 1. The summed E-state index contributed by atoms with van der Waals surface area (Å²) in [6.07, 6.45) is 1.29. The van der Waals surface area contributed by atoms with Crippen molar-refractivity contribution in [1.82, 2.24) is 0 Å². The molecule has 1 heterocycles. The van der Waals surface area contributed by atoms with E-state index in [0.29, 0.717) is 17.0 Å². The van der Waals surface area contributed by atoms with Gasteiger partial charge < -0.3 is 10.0 Å². The lowest BCUT2D eigenvalue weighted by atomic mass is 9.96. The number of benzene rings is 1. The first-order valence-corrected chi connectivity index (χ1v) is 6.18. The Hall–Kier alpha value is -1.06. The number of aliphatic hydroxyl groups is 1. The van der Waals surface area contributed by atoms with Gasteiger partial charge in [-0.05, 0) is 24.5 Å². The van der Waals surface area contributed by atoms with Crippen molar-refractivity contribution in [1.29, 1.82) is 0 Å². The van der Waals surface area contributed by atoms with E-state index in [0.717, 1.165) is 25.1 Å². The number of rotatable bonds is 2. The molecule has 1 aliphatic heterocycles. The monoisotopic (exact) mass is 253 g/mol. The number of hydrogen-bond donors (Lipinski definition) is 1. The molecule has 0 amide bonds. The van der Waals surface area contributed by atoms with Crippen LogP contribution in [0.2, 0.25) is 5.02 Å². The van der Waals surface area contributed by atoms with Crippen molar-refractivity contribution in [2.24, 2.45) is 5.92 Å². The maximum Gasteiger partial charge on any atom is 0.152 e. The van der Waals surface area contributed by atoms with Crippen LogP contribution in [-0.2, 0) is 0 Å². The zero-order valence-electron chi connectivity index (χ0n) is 9.77. The van der Waals surface area contributed by atoms with Gasteiger partial charge >= 0.3 is 0 Å². The molecule has 1 aliphatic rings. The molecule has 2 rings (SSSR count). The minimum Gasteiger partial charge on any atom is -0.393 e. The zero-order chi connectivity index (χ0) is 12.4. The first-order valence-electron chi connectivity index (χ1n) is 5.80. The molecule has 1 aromatic rings. The molecule has 3 nitrogen and oxygen atoms in total. The molecule has 17 heavy (non-hydrogen) atoms. The van der Waals surface area contributed by atoms with E-state index in [1.54, 1.807) is 18.2 Å². The van der Waals surface area contributed by atoms with Crippen LogP contribution in [0.25, 0.3) is 0 Å². The molecular weight excluding hydrogens is 238 g/mol. The second kappa shape index (κ2) is 5.07. The summed E-state index contributed by atoms with van der Waals surface area (Å²) in [5, 5.41) is 10.3. The predicted molar refractivity (Wildman–Crippen MR) is 68.8 cm³/mol. The molecule has 0 aliphatic carbocycles. The molecule has 4 heteroatoms. The van der Waals surface area contributed by atoms with Crippen molar-refractivity contribution in [3.8, 4) is 0 Å². The second-order valence-corrected chi connectivity index (χ2v) is 4.98. The van der Waals surface area contributed by atoms with E-state index in [1.807, 2.05) is 6.92 Å². The van der Waals surface area contributed by atoms with Gasteiger partial charge in [0.05, 0.1) is 16.8 Å². The molecule has 1 aromatic carbocycles. The Labute approximate surface area is 106 Å². The van der Waals surface area contributed by atoms with Gasteiger partial charge in [-0.3, -0.25) is 4.79 Å². The fourth-order valence-corrected chi connectivity index (χ4v) is 2.60. The van der Waals surface area contributed by atoms with Crippen molar-refractivity contribution in [3.63, 3.8) is 0 Å². The van der Waals surface area contributed by atoms with E-state index < -0.39 is 0 Å². The smallest absolute Gasteiger partial charge is 0.152 e. The number of aliphatic hydroxyl groups excluding tert-OH is 1. The van der Waals surface area contributed by atoms with Crippen LogP contribution in [0.1, 0.15) is 23.7 Å². The highest BCUT2D eigenvalue weighted by Crippen LogP contribution is 2.32. The average Bonchev–Trinajstić information content (AvgIpc) is 2.32. The molecule has 0 spiro atoms. The van der Waals surface area contributed by atoms with Crippen LogP contribution >= 0.6 is 11.6 Å². The van der Waals surface area contributed by atoms with Gasteiger partial charge in [0.2, 0.25) is 0 Å². The van der Waals surface area contributed by atoms with E-state index in [-0.39, 0.29) is 12.0 Å². The Bertz CT molecular complexity index is 422. The van der Waals surface area contributed by atoms with E-state index in [2.05, 4.69) is 4.90 Å². The van der Waals surface area contributed by atoms with Gasteiger partial charge in [0.25, 0.3) is 0 Å². The third kappa shape index (κ3) is 2.45. The number of carbonyl (C=O) groups is 1. The van der Waals surface area contributed by atoms with Crippen LogP contribution in [0.4, 0.5) is 5.69 Å². The third-order valence-electron chi connectivity index (χ3n) is 3.32. The topological polar surface area (TPSA) is 40.5 Å². The van der Waals surface area contributed by atoms with Gasteiger partial charge in [0.1, 0.15) is 0 Å². The summed E-state index contributed by atoms with van der Waals surface area (Å²) in [4.78, 5) is 13.1. The summed E-state index contributed by atoms with van der Waals surface area (Å²) in [5.74, 6) is 0.194. The molecule has 0 radical (unpaired) electrons. The number of nitrogens with zero attached hydrogens (tertiary/aromatic N) is 1. The number of para-hydroxylation sites is 1. The minimum absolute atomic E-state index is 0.194. The Morgan fingerprint density at radius 2 is 2.29 bits per heavy atom. The molecule has 2 atom stereocenters. The van der Waals surface area contributed by atoms with Crippen LogP contribution in [0, 0.1) is 5.92 Å². The van der Waals surface area contributed by atoms with Crippen LogP contribution in [0.5, 0.6) is 0 Å². The predicted octanol–water partition coefficient (Wildman–Crippen LogP) is 2.36. The lowest BCUT2D eigenvalue weighted by Gasteiger charge is -2.36. The molecule has 92 valence electrons. The van der Waals surface area contributed by atoms with Crippen LogP contribution in [-0.4, -0.2) is 30.6 Å². The van der Waals surface area contributed by atoms with Crippen molar-refractivity contribution in [2.45, 2.75) is 19.4 Å².